The minimum Gasteiger partial charge on any atom is -0.400 e. The van der Waals surface area contributed by atoms with Crippen molar-refractivity contribution in [2.45, 2.75) is 70.9 Å². The van der Waals surface area contributed by atoms with E-state index in [0.29, 0.717) is 19.1 Å². The van der Waals surface area contributed by atoms with Gasteiger partial charge in [-0.2, -0.15) is 0 Å². The molecule has 1 aromatic carbocycles. The maximum Gasteiger partial charge on any atom is 0.122 e. The number of aldehydes is 1. The molecule has 2 aliphatic rings. The van der Waals surface area contributed by atoms with Crippen molar-refractivity contribution in [3.63, 3.8) is 0 Å². The Morgan fingerprint density at radius 1 is 1.22 bits per heavy atom. The number of aliphatic hydroxyl groups is 1. The largest absolute Gasteiger partial charge is 0.400 e. The van der Waals surface area contributed by atoms with Crippen molar-refractivity contribution < 1.29 is 14.6 Å². The minimum absolute atomic E-state index is 0.0542. The molecule has 154 valence electrons. The van der Waals surface area contributed by atoms with E-state index in [2.05, 4.69) is 50.1 Å². The van der Waals surface area contributed by atoms with Gasteiger partial charge in [0.25, 0.3) is 0 Å². The summed E-state index contributed by atoms with van der Waals surface area (Å²) >= 11 is 0. The van der Waals surface area contributed by atoms with Crippen LogP contribution in [0.15, 0.2) is 24.3 Å². The summed E-state index contributed by atoms with van der Waals surface area (Å²) in [5.74, 6) is 1.09. The lowest BCUT2D eigenvalue weighted by Gasteiger charge is -2.37. The quantitative estimate of drug-likeness (QED) is 0.783. The lowest BCUT2D eigenvalue weighted by atomic mass is 9.88. The highest BCUT2D eigenvalue weighted by Crippen LogP contribution is 2.26. The monoisotopic (exact) mass is 377 g/mol. The summed E-state index contributed by atoms with van der Waals surface area (Å²) in [6, 6.07) is 8.82. The second kappa shape index (κ2) is 13.9. The molecule has 0 aromatic heterocycles. The zero-order valence-electron chi connectivity index (χ0n) is 17.7. The topological polar surface area (TPSA) is 49.8 Å². The van der Waals surface area contributed by atoms with Crippen LogP contribution in [0.2, 0.25) is 0 Å². The Kier molecular flexibility index (Phi) is 12.2. The molecule has 1 heterocycles. The predicted octanol–water partition coefficient (Wildman–Crippen LogP) is 4.54. The number of carbonyl (C=O) groups is 1. The maximum absolute atomic E-state index is 10.5. The van der Waals surface area contributed by atoms with E-state index >= 15 is 0 Å². The zero-order chi connectivity index (χ0) is 20.1. The number of likely N-dealkylation sites (N-methyl/N-ethyl adjacent to an activating group) is 1. The smallest absolute Gasteiger partial charge is 0.122 e. The van der Waals surface area contributed by atoms with Gasteiger partial charge in [0.1, 0.15) is 6.29 Å². The SMILES string of the molecule is CCC1CCCCC1.CO.Cc1cccc(C2COC(CC=O)CN2C)c1. The molecular weight excluding hydrogens is 338 g/mol. The number of nitrogens with zero attached hydrogens (tertiary/aromatic N) is 1. The Morgan fingerprint density at radius 2 is 1.93 bits per heavy atom. The van der Waals surface area contributed by atoms with Crippen molar-refractivity contribution in [3.05, 3.63) is 35.4 Å². The molecule has 2 fully saturated rings. The first-order chi connectivity index (χ1) is 13.1. The third kappa shape index (κ3) is 8.54. The van der Waals surface area contributed by atoms with Gasteiger partial charge in [0.05, 0.1) is 18.8 Å². The molecule has 0 radical (unpaired) electrons. The third-order valence-corrected chi connectivity index (χ3v) is 5.60. The number of rotatable bonds is 4. The van der Waals surface area contributed by atoms with Gasteiger partial charge in [0.15, 0.2) is 0 Å². The van der Waals surface area contributed by atoms with Gasteiger partial charge in [-0.1, -0.05) is 75.3 Å². The molecule has 27 heavy (non-hydrogen) atoms. The molecule has 1 saturated carbocycles. The van der Waals surface area contributed by atoms with Gasteiger partial charge in [0, 0.05) is 20.1 Å². The first-order valence-corrected chi connectivity index (χ1v) is 10.4. The summed E-state index contributed by atoms with van der Waals surface area (Å²) in [5, 5.41) is 7.00. The van der Waals surface area contributed by atoms with Crippen LogP contribution in [0.3, 0.4) is 0 Å². The van der Waals surface area contributed by atoms with Crippen molar-refractivity contribution in [2.75, 3.05) is 27.3 Å². The lowest BCUT2D eigenvalue weighted by molar-refractivity contribution is -0.114. The maximum atomic E-state index is 10.5. The van der Waals surface area contributed by atoms with Gasteiger partial charge in [-0.3, -0.25) is 4.90 Å². The number of benzene rings is 1. The van der Waals surface area contributed by atoms with Gasteiger partial charge >= 0.3 is 0 Å². The van der Waals surface area contributed by atoms with Gasteiger partial charge in [-0.15, -0.1) is 0 Å². The number of hydrogen-bond donors (Lipinski definition) is 1. The van der Waals surface area contributed by atoms with Crippen LogP contribution >= 0.6 is 0 Å². The number of aliphatic hydroxyl groups excluding tert-OH is 1. The summed E-state index contributed by atoms with van der Waals surface area (Å²) in [5.41, 5.74) is 2.56. The number of carbonyl (C=O) groups excluding carboxylic acids is 1. The van der Waals surface area contributed by atoms with Crippen LogP contribution in [0.25, 0.3) is 0 Å². The molecule has 2 atom stereocenters. The molecule has 2 unspecified atom stereocenters. The third-order valence-electron chi connectivity index (χ3n) is 5.60. The van der Waals surface area contributed by atoms with Crippen LogP contribution in [0.4, 0.5) is 0 Å². The van der Waals surface area contributed by atoms with E-state index in [9.17, 15) is 4.79 Å². The molecule has 3 rings (SSSR count). The van der Waals surface area contributed by atoms with E-state index in [0.717, 1.165) is 25.9 Å². The van der Waals surface area contributed by atoms with Crippen LogP contribution < -0.4 is 0 Å². The average Bonchev–Trinajstić information content (AvgIpc) is 2.71. The summed E-state index contributed by atoms with van der Waals surface area (Å²) in [6.45, 7) is 5.90. The van der Waals surface area contributed by atoms with Crippen LogP contribution in [-0.2, 0) is 9.53 Å². The van der Waals surface area contributed by atoms with E-state index in [1.165, 1.54) is 49.7 Å². The molecule has 4 nitrogen and oxygen atoms in total. The summed E-state index contributed by atoms with van der Waals surface area (Å²) in [4.78, 5) is 12.7. The summed E-state index contributed by atoms with van der Waals surface area (Å²) in [7, 11) is 3.09. The highest BCUT2D eigenvalue weighted by atomic mass is 16.5. The second-order valence-electron chi connectivity index (χ2n) is 7.64. The Bertz CT molecular complexity index is 514. The average molecular weight is 378 g/mol. The highest BCUT2D eigenvalue weighted by molar-refractivity contribution is 5.50. The fraction of sp³-hybridized carbons (Fsp3) is 0.696. The number of morpholine rings is 1. The van der Waals surface area contributed by atoms with E-state index in [1.54, 1.807) is 0 Å². The Labute approximate surface area is 165 Å². The molecule has 0 amide bonds. The molecule has 0 bridgehead atoms. The first kappa shape index (κ1) is 23.8. The molecule has 1 aromatic rings. The molecular formula is C23H39NO3. The van der Waals surface area contributed by atoms with Crippen LogP contribution in [0, 0.1) is 12.8 Å². The van der Waals surface area contributed by atoms with Crippen LogP contribution in [-0.4, -0.2) is 49.7 Å². The van der Waals surface area contributed by atoms with E-state index in [4.69, 9.17) is 9.84 Å². The summed E-state index contributed by atoms with van der Waals surface area (Å²) in [6.07, 6.45) is 10.4. The van der Waals surface area contributed by atoms with Gasteiger partial charge in [-0.05, 0) is 25.5 Å². The van der Waals surface area contributed by atoms with E-state index in [-0.39, 0.29) is 6.10 Å². The van der Waals surface area contributed by atoms with Crippen molar-refractivity contribution in [3.8, 4) is 0 Å². The fourth-order valence-corrected chi connectivity index (χ4v) is 3.93. The second-order valence-corrected chi connectivity index (χ2v) is 7.64. The van der Waals surface area contributed by atoms with Crippen molar-refractivity contribution in [1.29, 1.82) is 0 Å². The first-order valence-electron chi connectivity index (χ1n) is 10.4. The van der Waals surface area contributed by atoms with Crippen molar-refractivity contribution in [2.24, 2.45) is 5.92 Å². The van der Waals surface area contributed by atoms with E-state index < -0.39 is 0 Å². The molecule has 1 saturated heterocycles. The molecule has 0 spiro atoms. The molecule has 1 N–H and O–H groups in total. The highest BCUT2D eigenvalue weighted by Gasteiger charge is 2.27. The van der Waals surface area contributed by atoms with E-state index in [1.807, 2.05) is 0 Å². The Balaban J connectivity index is 0.000000305. The predicted molar refractivity (Wildman–Crippen MR) is 112 cm³/mol. The Morgan fingerprint density at radius 3 is 2.44 bits per heavy atom. The van der Waals surface area contributed by atoms with Crippen LogP contribution in [0.1, 0.15) is 69.0 Å². The molecule has 1 aliphatic carbocycles. The zero-order valence-corrected chi connectivity index (χ0v) is 17.7. The number of ether oxygens (including phenoxy) is 1. The normalized spacial score (nSPS) is 23.4. The minimum atomic E-state index is 0.0542. The van der Waals surface area contributed by atoms with Crippen LogP contribution in [0.5, 0.6) is 0 Å². The number of hydrogen-bond acceptors (Lipinski definition) is 4. The van der Waals surface area contributed by atoms with Gasteiger partial charge < -0.3 is 14.6 Å². The van der Waals surface area contributed by atoms with Gasteiger partial charge in [0.2, 0.25) is 0 Å². The lowest BCUT2D eigenvalue weighted by Crippen LogP contribution is -2.42. The fourth-order valence-electron chi connectivity index (χ4n) is 3.93. The molecule has 4 heteroatoms. The number of aryl methyl sites for hydroxylation is 1. The van der Waals surface area contributed by atoms with Crippen molar-refractivity contribution >= 4 is 6.29 Å². The van der Waals surface area contributed by atoms with Crippen molar-refractivity contribution in [1.82, 2.24) is 4.90 Å². The van der Waals surface area contributed by atoms with Gasteiger partial charge in [-0.25, -0.2) is 0 Å². The summed E-state index contributed by atoms with van der Waals surface area (Å²) < 4.78 is 5.72. The Hall–Kier alpha value is -1.23. The standard InChI is InChI=1S/C14H19NO2.C8H16.CH4O/c1-11-4-3-5-12(8-11)14-10-17-13(6-7-16)9-15(14)2;1-2-8-6-4-3-5-7-8;1-2/h3-5,7-8,13-14H,6,9-10H2,1-2H3;8H,2-7H2,1H3;2H,1H3. The molecule has 1 aliphatic heterocycles.